The Hall–Kier alpha value is -1.63. The van der Waals surface area contributed by atoms with Crippen molar-refractivity contribution >= 4 is 0 Å². The van der Waals surface area contributed by atoms with E-state index in [9.17, 15) is 4.79 Å². The van der Waals surface area contributed by atoms with Gasteiger partial charge in [-0.15, -0.1) is 0 Å². The topological polar surface area (TPSA) is 58.7 Å². The fourth-order valence-electron chi connectivity index (χ4n) is 0.757. The quantitative estimate of drug-likeness (QED) is 0.568. The fourth-order valence-corrected chi connectivity index (χ4v) is 0.757. The minimum Gasteiger partial charge on any atom is -0.299 e. The number of nitriles is 1. The maximum atomic E-state index is 11.1. The lowest BCUT2D eigenvalue weighted by molar-refractivity contribution is 0.762. The summed E-state index contributed by atoms with van der Waals surface area (Å²) in [5.41, 5.74) is 0.219. The van der Waals surface area contributed by atoms with E-state index in [0.717, 1.165) is 0 Å². The SMILES string of the molecule is Cc1nccn(CC#N)c1=O. The van der Waals surface area contributed by atoms with E-state index in [4.69, 9.17) is 5.26 Å². The molecule has 0 aliphatic carbocycles. The zero-order valence-corrected chi connectivity index (χ0v) is 6.11. The van der Waals surface area contributed by atoms with Gasteiger partial charge in [0.15, 0.2) is 0 Å². The molecule has 0 bridgehead atoms. The summed E-state index contributed by atoms with van der Waals surface area (Å²) in [4.78, 5) is 14.9. The first-order chi connectivity index (χ1) is 5.25. The summed E-state index contributed by atoms with van der Waals surface area (Å²) in [6, 6.07) is 1.89. The van der Waals surface area contributed by atoms with Crippen molar-refractivity contribution in [3.05, 3.63) is 28.4 Å². The third kappa shape index (κ3) is 1.44. The zero-order valence-electron chi connectivity index (χ0n) is 6.11. The monoisotopic (exact) mass is 149 g/mol. The van der Waals surface area contributed by atoms with Crippen molar-refractivity contribution in [1.29, 1.82) is 5.26 Å². The third-order valence-corrected chi connectivity index (χ3v) is 1.33. The number of aryl methyl sites for hydroxylation is 1. The second-order valence-corrected chi connectivity index (χ2v) is 2.10. The van der Waals surface area contributed by atoms with Crippen molar-refractivity contribution in [2.24, 2.45) is 0 Å². The molecule has 0 aliphatic rings. The van der Waals surface area contributed by atoms with E-state index in [0.29, 0.717) is 5.69 Å². The number of hydrogen-bond donors (Lipinski definition) is 0. The van der Waals surface area contributed by atoms with Gasteiger partial charge in [0.25, 0.3) is 5.56 Å². The Kier molecular flexibility index (Phi) is 2.02. The van der Waals surface area contributed by atoms with E-state index in [1.807, 2.05) is 6.07 Å². The number of aromatic nitrogens is 2. The highest BCUT2D eigenvalue weighted by atomic mass is 16.1. The highest BCUT2D eigenvalue weighted by molar-refractivity contribution is 4.95. The summed E-state index contributed by atoms with van der Waals surface area (Å²) >= 11 is 0. The summed E-state index contributed by atoms with van der Waals surface area (Å²) in [6.45, 7) is 1.71. The molecular weight excluding hydrogens is 142 g/mol. The van der Waals surface area contributed by atoms with E-state index >= 15 is 0 Å². The highest BCUT2D eigenvalue weighted by Gasteiger charge is 1.96. The molecule has 0 radical (unpaired) electrons. The fraction of sp³-hybridized carbons (Fsp3) is 0.286. The molecule has 0 N–H and O–H groups in total. The Labute approximate surface area is 63.7 Å². The van der Waals surface area contributed by atoms with Gasteiger partial charge in [0.1, 0.15) is 12.2 Å². The molecule has 0 saturated carbocycles. The Bertz CT molecular complexity index is 347. The lowest BCUT2D eigenvalue weighted by Gasteiger charge is -1.97. The van der Waals surface area contributed by atoms with Crippen LogP contribution in [-0.4, -0.2) is 9.55 Å². The summed E-state index contributed by atoms with van der Waals surface area (Å²) in [7, 11) is 0. The summed E-state index contributed by atoms with van der Waals surface area (Å²) < 4.78 is 1.32. The first-order valence-electron chi connectivity index (χ1n) is 3.14. The molecule has 1 heterocycles. The molecule has 4 nitrogen and oxygen atoms in total. The second-order valence-electron chi connectivity index (χ2n) is 2.10. The van der Waals surface area contributed by atoms with Gasteiger partial charge in [0.2, 0.25) is 0 Å². The van der Waals surface area contributed by atoms with E-state index in [-0.39, 0.29) is 12.1 Å². The largest absolute Gasteiger partial charge is 0.299 e. The Morgan fingerprint density at radius 3 is 3.18 bits per heavy atom. The van der Waals surface area contributed by atoms with Crippen molar-refractivity contribution in [3.8, 4) is 6.07 Å². The molecule has 0 amide bonds. The molecule has 1 aromatic rings. The lowest BCUT2D eigenvalue weighted by atomic mass is 10.5. The van der Waals surface area contributed by atoms with Crippen LogP contribution in [0.1, 0.15) is 5.69 Å². The molecule has 0 fully saturated rings. The van der Waals surface area contributed by atoms with Gasteiger partial charge < -0.3 is 0 Å². The number of hydrogen-bond acceptors (Lipinski definition) is 3. The molecule has 56 valence electrons. The van der Waals surface area contributed by atoms with Crippen molar-refractivity contribution in [1.82, 2.24) is 9.55 Å². The molecule has 1 rings (SSSR count). The van der Waals surface area contributed by atoms with E-state index in [2.05, 4.69) is 4.98 Å². The molecule has 0 unspecified atom stereocenters. The van der Waals surface area contributed by atoms with E-state index in [1.165, 1.54) is 17.0 Å². The third-order valence-electron chi connectivity index (χ3n) is 1.33. The highest BCUT2D eigenvalue weighted by Crippen LogP contribution is 1.81. The molecular formula is C7H7N3O. The Morgan fingerprint density at radius 2 is 2.55 bits per heavy atom. The van der Waals surface area contributed by atoms with Crippen LogP contribution in [0.5, 0.6) is 0 Å². The van der Waals surface area contributed by atoms with Crippen LogP contribution in [0.4, 0.5) is 0 Å². The van der Waals surface area contributed by atoms with Gasteiger partial charge in [-0.05, 0) is 6.92 Å². The maximum Gasteiger partial charge on any atom is 0.272 e. The summed E-state index contributed by atoms with van der Waals surface area (Å²) in [6.07, 6.45) is 3.01. The minimum atomic E-state index is -0.200. The molecule has 0 aliphatic heterocycles. The molecule has 11 heavy (non-hydrogen) atoms. The lowest BCUT2D eigenvalue weighted by Crippen LogP contribution is -2.21. The van der Waals surface area contributed by atoms with Crippen LogP contribution in [0, 0.1) is 18.3 Å². The first kappa shape index (κ1) is 7.48. The molecule has 0 atom stereocenters. The molecule has 0 saturated heterocycles. The predicted molar refractivity (Wildman–Crippen MR) is 38.8 cm³/mol. The van der Waals surface area contributed by atoms with Gasteiger partial charge in [-0.1, -0.05) is 0 Å². The van der Waals surface area contributed by atoms with Gasteiger partial charge >= 0.3 is 0 Å². The van der Waals surface area contributed by atoms with E-state index in [1.54, 1.807) is 6.92 Å². The molecule has 0 spiro atoms. The van der Waals surface area contributed by atoms with Crippen LogP contribution in [0.2, 0.25) is 0 Å². The predicted octanol–water partition coefficient (Wildman–Crippen LogP) is 0.0753. The number of rotatable bonds is 1. The van der Waals surface area contributed by atoms with Crippen LogP contribution < -0.4 is 5.56 Å². The van der Waals surface area contributed by atoms with Gasteiger partial charge in [-0.25, -0.2) is 0 Å². The zero-order chi connectivity index (χ0) is 8.27. The van der Waals surface area contributed by atoms with Crippen LogP contribution in [-0.2, 0) is 6.54 Å². The van der Waals surface area contributed by atoms with Gasteiger partial charge in [-0.3, -0.25) is 14.3 Å². The second kappa shape index (κ2) is 2.97. The normalized spacial score (nSPS) is 9.09. The molecule has 1 aromatic heterocycles. The molecule has 0 aromatic carbocycles. The smallest absolute Gasteiger partial charge is 0.272 e. The van der Waals surface area contributed by atoms with Gasteiger partial charge in [0, 0.05) is 12.4 Å². The minimum absolute atomic E-state index is 0.0855. The van der Waals surface area contributed by atoms with Crippen molar-refractivity contribution < 1.29 is 0 Å². The summed E-state index contributed by atoms with van der Waals surface area (Å²) in [5.74, 6) is 0. The standard InChI is InChI=1S/C7H7N3O/c1-6-7(11)10(4-2-8)5-3-9-6/h3,5H,4H2,1H3. The van der Waals surface area contributed by atoms with Crippen LogP contribution in [0.15, 0.2) is 17.2 Å². The average Bonchev–Trinajstić information content (AvgIpc) is 1.99. The van der Waals surface area contributed by atoms with Gasteiger partial charge in [0.05, 0.1) is 6.07 Å². The van der Waals surface area contributed by atoms with Crippen molar-refractivity contribution in [2.75, 3.05) is 0 Å². The Morgan fingerprint density at radius 1 is 1.82 bits per heavy atom. The van der Waals surface area contributed by atoms with E-state index < -0.39 is 0 Å². The number of nitrogens with zero attached hydrogens (tertiary/aromatic N) is 3. The van der Waals surface area contributed by atoms with Crippen LogP contribution >= 0.6 is 0 Å². The van der Waals surface area contributed by atoms with Gasteiger partial charge in [-0.2, -0.15) is 5.26 Å². The Balaban J connectivity index is 3.20. The average molecular weight is 149 g/mol. The van der Waals surface area contributed by atoms with Crippen molar-refractivity contribution in [2.45, 2.75) is 13.5 Å². The molecule has 4 heteroatoms. The van der Waals surface area contributed by atoms with Crippen LogP contribution in [0.3, 0.4) is 0 Å². The first-order valence-corrected chi connectivity index (χ1v) is 3.14. The summed E-state index contributed by atoms with van der Waals surface area (Å²) in [5, 5.41) is 8.30. The van der Waals surface area contributed by atoms with Crippen LogP contribution in [0.25, 0.3) is 0 Å². The maximum absolute atomic E-state index is 11.1. The van der Waals surface area contributed by atoms with Crippen molar-refractivity contribution in [3.63, 3.8) is 0 Å².